The number of aryl methyl sites for hydroxylation is 2. The first-order chi connectivity index (χ1) is 12.9. The van der Waals surface area contributed by atoms with E-state index in [1.54, 1.807) is 0 Å². The topological polar surface area (TPSA) is 32.3 Å². The van der Waals surface area contributed by atoms with Crippen LogP contribution in [0.15, 0.2) is 48.5 Å². The second kappa shape index (κ2) is 6.79. The van der Waals surface area contributed by atoms with Crippen LogP contribution in [0.4, 0.5) is 0 Å². The molecule has 3 nitrogen and oxygen atoms in total. The van der Waals surface area contributed by atoms with Gasteiger partial charge in [-0.2, -0.15) is 0 Å². The summed E-state index contributed by atoms with van der Waals surface area (Å²) in [5.74, 6) is 1.77. The van der Waals surface area contributed by atoms with Crippen molar-refractivity contribution in [1.29, 1.82) is 0 Å². The number of nitrogens with zero attached hydrogens (tertiary/aromatic N) is 1. The Balaban J connectivity index is 1.65. The molecule has 27 heavy (non-hydrogen) atoms. The summed E-state index contributed by atoms with van der Waals surface area (Å²) in [5.41, 5.74) is 3.89. The molecule has 3 unspecified atom stereocenters. The first kappa shape index (κ1) is 18.2. The van der Waals surface area contributed by atoms with Crippen molar-refractivity contribution in [1.82, 2.24) is 10.2 Å². The first-order valence-corrected chi connectivity index (χ1v) is 10.0. The number of hydrogen-bond acceptors (Lipinski definition) is 2. The van der Waals surface area contributed by atoms with Crippen molar-refractivity contribution < 1.29 is 4.79 Å². The third kappa shape index (κ3) is 3.41. The molecule has 1 heterocycles. The molecule has 0 bridgehead atoms. The summed E-state index contributed by atoms with van der Waals surface area (Å²) >= 11 is 0. The van der Waals surface area contributed by atoms with Crippen molar-refractivity contribution in [2.75, 3.05) is 13.1 Å². The predicted molar refractivity (Wildman–Crippen MR) is 110 cm³/mol. The quantitative estimate of drug-likeness (QED) is 0.849. The van der Waals surface area contributed by atoms with Gasteiger partial charge in [-0.25, -0.2) is 0 Å². The van der Waals surface area contributed by atoms with Gasteiger partial charge in [-0.15, -0.1) is 0 Å². The third-order valence-electron chi connectivity index (χ3n) is 6.62. The zero-order valence-electron chi connectivity index (χ0n) is 16.8. The van der Waals surface area contributed by atoms with Gasteiger partial charge in [0.1, 0.15) is 0 Å². The molecule has 1 N–H and O–H groups in total. The maximum atomic E-state index is 13.3. The molecule has 1 aliphatic carbocycles. The van der Waals surface area contributed by atoms with Crippen molar-refractivity contribution in [3.63, 3.8) is 0 Å². The lowest BCUT2D eigenvalue weighted by Gasteiger charge is -2.43. The Morgan fingerprint density at radius 1 is 1.00 bits per heavy atom. The van der Waals surface area contributed by atoms with E-state index in [2.05, 4.69) is 48.3 Å². The van der Waals surface area contributed by atoms with Crippen LogP contribution in [0.2, 0.25) is 0 Å². The summed E-state index contributed by atoms with van der Waals surface area (Å²) in [6, 6.07) is 16.4. The van der Waals surface area contributed by atoms with Gasteiger partial charge in [-0.3, -0.25) is 9.69 Å². The van der Waals surface area contributed by atoms with Crippen molar-refractivity contribution in [3.05, 3.63) is 70.8 Å². The molecule has 2 aromatic rings. The maximum Gasteiger partial charge on any atom is 0.252 e. The standard InChI is InChI=1S/C24H30N2O/c1-16-9-8-10-17(2)21(16)23(27)25-22(18-11-6-5-7-12-18)24(3,4)26-14-19-13-20(19)15-26/h5-12,19-20,22H,13-15H2,1-4H3,(H,25,27). The number of hydrogen-bond donors (Lipinski definition) is 1. The highest BCUT2D eigenvalue weighted by molar-refractivity contribution is 5.97. The number of carbonyl (C=O) groups is 1. The van der Waals surface area contributed by atoms with Gasteiger partial charge in [0.25, 0.3) is 5.91 Å². The Hall–Kier alpha value is -2.13. The van der Waals surface area contributed by atoms with Gasteiger partial charge in [0, 0.05) is 24.2 Å². The summed E-state index contributed by atoms with van der Waals surface area (Å²) in [7, 11) is 0. The van der Waals surface area contributed by atoms with Crippen LogP contribution in [0, 0.1) is 25.7 Å². The molecule has 1 saturated carbocycles. The lowest BCUT2D eigenvalue weighted by Crippen LogP contribution is -2.53. The molecule has 1 saturated heterocycles. The average Bonchev–Trinajstić information content (AvgIpc) is 3.25. The fourth-order valence-corrected chi connectivity index (χ4v) is 4.74. The second-order valence-electron chi connectivity index (χ2n) is 8.90. The molecule has 4 rings (SSSR count). The van der Waals surface area contributed by atoms with Crippen molar-refractivity contribution in [2.24, 2.45) is 11.8 Å². The molecule has 0 radical (unpaired) electrons. The number of amides is 1. The van der Waals surface area contributed by atoms with E-state index < -0.39 is 0 Å². The minimum atomic E-state index is -0.138. The molecule has 142 valence electrons. The highest BCUT2D eigenvalue weighted by Gasteiger charge is 2.51. The minimum absolute atomic E-state index is 0.0249. The number of likely N-dealkylation sites (tertiary alicyclic amines) is 1. The molecular weight excluding hydrogens is 332 g/mol. The van der Waals surface area contributed by atoms with Crippen LogP contribution < -0.4 is 5.32 Å². The van der Waals surface area contributed by atoms with E-state index >= 15 is 0 Å². The summed E-state index contributed by atoms with van der Waals surface area (Å²) in [6.07, 6.45) is 1.39. The van der Waals surface area contributed by atoms with E-state index in [9.17, 15) is 4.79 Å². The number of fused-ring (bicyclic) bond motifs is 1. The van der Waals surface area contributed by atoms with E-state index in [1.165, 1.54) is 12.0 Å². The second-order valence-corrected chi connectivity index (χ2v) is 8.90. The monoisotopic (exact) mass is 362 g/mol. The fourth-order valence-electron chi connectivity index (χ4n) is 4.74. The summed E-state index contributed by atoms with van der Waals surface area (Å²) in [4.78, 5) is 15.9. The molecular formula is C24H30N2O. The van der Waals surface area contributed by atoms with E-state index in [4.69, 9.17) is 0 Å². The van der Waals surface area contributed by atoms with Crippen LogP contribution >= 0.6 is 0 Å². The van der Waals surface area contributed by atoms with Gasteiger partial charge in [0.15, 0.2) is 0 Å². The highest BCUT2D eigenvalue weighted by atomic mass is 16.1. The molecule has 2 aromatic carbocycles. The van der Waals surface area contributed by atoms with Crippen LogP contribution in [0.1, 0.15) is 53.4 Å². The minimum Gasteiger partial charge on any atom is -0.343 e. The number of nitrogens with one attached hydrogen (secondary N) is 1. The number of piperidine rings is 1. The fraction of sp³-hybridized carbons (Fsp3) is 0.458. The Labute approximate surface area is 162 Å². The first-order valence-electron chi connectivity index (χ1n) is 10.0. The molecule has 1 aliphatic heterocycles. The molecule has 1 amide bonds. The van der Waals surface area contributed by atoms with Crippen molar-refractivity contribution in [3.8, 4) is 0 Å². The van der Waals surface area contributed by atoms with E-state index in [0.717, 1.165) is 41.6 Å². The Kier molecular flexibility index (Phi) is 4.59. The Morgan fingerprint density at radius 3 is 2.19 bits per heavy atom. The van der Waals surface area contributed by atoms with Crippen LogP contribution in [0.3, 0.4) is 0 Å². The molecule has 2 fully saturated rings. The third-order valence-corrected chi connectivity index (χ3v) is 6.62. The smallest absolute Gasteiger partial charge is 0.252 e. The van der Waals surface area contributed by atoms with E-state index in [1.807, 2.05) is 38.1 Å². The van der Waals surface area contributed by atoms with E-state index in [0.29, 0.717) is 0 Å². The van der Waals surface area contributed by atoms with Crippen LogP contribution in [-0.2, 0) is 0 Å². The van der Waals surface area contributed by atoms with Gasteiger partial charge in [0.05, 0.1) is 6.04 Å². The van der Waals surface area contributed by atoms with E-state index in [-0.39, 0.29) is 17.5 Å². The molecule has 0 aromatic heterocycles. The Morgan fingerprint density at radius 2 is 1.59 bits per heavy atom. The SMILES string of the molecule is Cc1cccc(C)c1C(=O)NC(c1ccccc1)C(C)(C)N1CC2CC2C1. The largest absolute Gasteiger partial charge is 0.343 e. The van der Waals surface area contributed by atoms with Gasteiger partial charge >= 0.3 is 0 Å². The lowest BCUT2D eigenvalue weighted by molar-refractivity contribution is 0.0733. The van der Waals surface area contributed by atoms with Crippen molar-refractivity contribution >= 4 is 5.91 Å². The average molecular weight is 363 g/mol. The summed E-state index contributed by atoms with van der Waals surface area (Å²) in [5, 5.41) is 3.40. The summed E-state index contributed by atoms with van der Waals surface area (Å²) < 4.78 is 0. The Bertz CT molecular complexity index is 812. The molecule has 2 aliphatic rings. The summed E-state index contributed by atoms with van der Waals surface area (Å²) in [6.45, 7) is 10.9. The normalized spacial score (nSPS) is 23.0. The van der Waals surface area contributed by atoms with Gasteiger partial charge in [-0.05, 0) is 62.6 Å². The molecule has 3 atom stereocenters. The highest BCUT2D eigenvalue weighted by Crippen LogP contribution is 2.48. The van der Waals surface area contributed by atoms with Gasteiger partial charge < -0.3 is 5.32 Å². The van der Waals surface area contributed by atoms with Gasteiger partial charge in [0.2, 0.25) is 0 Å². The zero-order chi connectivity index (χ0) is 19.2. The van der Waals surface area contributed by atoms with Gasteiger partial charge in [-0.1, -0.05) is 48.5 Å². The number of benzene rings is 2. The van der Waals surface area contributed by atoms with Crippen molar-refractivity contribution in [2.45, 2.75) is 45.7 Å². The van der Waals surface area contributed by atoms with Crippen LogP contribution in [0.25, 0.3) is 0 Å². The van der Waals surface area contributed by atoms with Crippen LogP contribution in [-0.4, -0.2) is 29.4 Å². The predicted octanol–water partition coefficient (Wildman–Crippen LogP) is 4.50. The number of carbonyl (C=O) groups excluding carboxylic acids is 1. The molecule has 0 spiro atoms. The number of rotatable bonds is 5. The molecule has 3 heteroatoms. The zero-order valence-corrected chi connectivity index (χ0v) is 16.8. The maximum absolute atomic E-state index is 13.3. The lowest BCUT2D eigenvalue weighted by atomic mass is 9.86. The van der Waals surface area contributed by atoms with Crippen LogP contribution in [0.5, 0.6) is 0 Å².